The molecule has 156 valence electrons. The van der Waals surface area contributed by atoms with Crippen LogP contribution in [0.4, 0.5) is 5.69 Å². The van der Waals surface area contributed by atoms with Gasteiger partial charge in [0.25, 0.3) is 5.91 Å². The van der Waals surface area contributed by atoms with E-state index in [0.717, 1.165) is 17.9 Å². The maximum Gasteiger partial charge on any atom is 0.262 e. The molecular formula is C24H33N2O3+. The second kappa shape index (κ2) is 11.5. The van der Waals surface area contributed by atoms with Crippen molar-refractivity contribution in [2.75, 3.05) is 19.0 Å². The molecule has 0 atom stereocenters. The number of rotatable bonds is 8. The van der Waals surface area contributed by atoms with Gasteiger partial charge in [0.05, 0.1) is 18.8 Å². The molecule has 0 radical (unpaired) electrons. The van der Waals surface area contributed by atoms with Crippen molar-refractivity contribution in [1.29, 1.82) is 0 Å². The van der Waals surface area contributed by atoms with Gasteiger partial charge >= 0.3 is 0 Å². The molecule has 1 saturated carbocycles. The Hall–Kier alpha value is -2.53. The van der Waals surface area contributed by atoms with Gasteiger partial charge in [-0.25, -0.2) is 0 Å². The fourth-order valence-corrected chi connectivity index (χ4v) is 3.91. The summed E-state index contributed by atoms with van der Waals surface area (Å²) >= 11 is 0. The number of nitrogens with one attached hydrogen (secondary N) is 1. The molecule has 3 rings (SSSR count). The van der Waals surface area contributed by atoms with Crippen LogP contribution in [0.15, 0.2) is 48.5 Å². The molecule has 0 spiro atoms. The molecular weight excluding hydrogens is 364 g/mol. The van der Waals surface area contributed by atoms with E-state index in [1.807, 2.05) is 42.5 Å². The molecule has 0 unspecified atom stereocenters. The first-order chi connectivity index (χ1) is 14.3. The summed E-state index contributed by atoms with van der Waals surface area (Å²) in [4.78, 5) is 12.3. The lowest BCUT2D eigenvalue weighted by Gasteiger charge is -2.19. The van der Waals surface area contributed by atoms with Crippen LogP contribution in [0.5, 0.6) is 11.5 Å². The maximum atomic E-state index is 12.3. The molecule has 0 aromatic heterocycles. The summed E-state index contributed by atoms with van der Waals surface area (Å²) in [5.74, 6) is 1.22. The fraction of sp³-hybridized carbons (Fsp3) is 0.458. The third-order valence-electron chi connectivity index (χ3n) is 5.53. The van der Waals surface area contributed by atoms with Crippen molar-refractivity contribution < 1.29 is 19.6 Å². The van der Waals surface area contributed by atoms with Crippen molar-refractivity contribution in [3.63, 3.8) is 0 Å². The molecule has 2 aromatic rings. The predicted octanol–water partition coefficient (Wildman–Crippen LogP) is 3.89. The number of anilines is 1. The third-order valence-corrected chi connectivity index (χ3v) is 5.53. The standard InChI is InChI=1S/C24H32N2O3/c1-28-23-16-10-8-14-21(23)26-24(27)18-29-22-15-9-7-11-19(22)17-25-20-12-5-3-2-4-6-13-20/h7-11,14-16,20,25H,2-6,12-13,17-18H2,1H3,(H,26,27)/p+1. The average Bonchev–Trinajstić information content (AvgIpc) is 2.72. The number of carbonyl (C=O) groups is 1. The fourth-order valence-electron chi connectivity index (χ4n) is 3.91. The molecule has 0 bridgehead atoms. The summed E-state index contributed by atoms with van der Waals surface area (Å²) in [5.41, 5.74) is 1.79. The van der Waals surface area contributed by atoms with E-state index >= 15 is 0 Å². The number of methoxy groups -OCH3 is 1. The van der Waals surface area contributed by atoms with E-state index in [1.165, 1.54) is 44.9 Å². The Labute approximate surface area is 173 Å². The van der Waals surface area contributed by atoms with Crippen LogP contribution in [0.1, 0.15) is 50.5 Å². The lowest BCUT2D eigenvalue weighted by atomic mass is 9.96. The molecule has 0 saturated heterocycles. The van der Waals surface area contributed by atoms with Crippen LogP contribution in [0.2, 0.25) is 0 Å². The number of para-hydroxylation sites is 3. The summed E-state index contributed by atoms with van der Waals surface area (Å²) in [6, 6.07) is 16.1. The molecule has 0 aliphatic heterocycles. The first-order valence-corrected chi connectivity index (χ1v) is 10.7. The van der Waals surface area contributed by atoms with E-state index < -0.39 is 0 Å². The van der Waals surface area contributed by atoms with Gasteiger partial charge in [-0.05, 0) is 49.9 Å². The summed E-state index contributed by atoms with van der Waals surface area (Å²) in [5, 5.41) is 5.30. The summed E-state index contributed by atoms with van der Waals surface area (Å²) in [7, 11) is 1.59. The van der Waals surface area contributed by atoms with Crippen LogP contribution in [-0.4, -0.2) is 25.7 Å². The zero-order valence-corrected chi connectivity index (χ0v) is 17.4. The van der Waals surface area contributed by atoms with E-state index in [1.54, 1.807) is 7.11 Å². The Morgan fingerprint density at radius 3 is 2.38 bits per heavy atom. The van der Waals surface area contributed by atoms with Gasteiger partial charge in [0.1, 0.15) is 18.0 Å². The third kappa shape index (κ3) is 6.79. The average molecular weight is 398 g/mol. The number of ether oxygens (including phenoxy) is 2. The highest BCUT2D eigenvalue weighted by atomic mass is 16.5. The molecule has 1 aliphatic rings. The number of hydrogen-bond acceptors (Lipinski definition) is 3. The second-order valence-corrected chi connectivity index (χ2v) is 7.69. The van der Waals surface area contributed by atoms with Gasteiger partial charge in [-0.3, -0.25) is 4.79 Å². The van der Waals surface area contributed by atoms with E-state index in [9.17, 15) is 4.79 Å². The van der Waals surface area contributed by atoms with E-state index in [0.29, 0.717) is 17.5 Å². The smallest absolute Gasteiger partial charge is 0.262 e. The minimum absolute atomic E-state index is 0.0293. The van der Waals surface area contributed by atoms with Gasteiger partial charge in [0.2, 0.25) is 0 Å². The summed E-state index contributed by atoms with van der Waals surface area (Å²) in [6.07, 6.45) is 9.39. The van der Waals surface area contributed by atoms with Gasteiger partial charge in [0, 0.05) is 5.56 Å². The molecule has 3 N–H and O–H groups in total. The van der Waals surface area contributed by atoms with Crippen molar-refractivity contribution in [2.24, 2.45) is 0 Å². The first kappa shape index (κ1) is 21.2. The molecule has 1 amide bonds. The lowest BCUT2D eigenvalue weighted by Crippen LogP contribution is -2.88. The number of amides is 1. The molecule has 0 heterocycles. The molecule has 29 heavy (non-hydrogen) atoms. The molecule has 2 aromatic carbocycles. The van der Waals surface area contributed by atoms with Crippen LogP contribution in [0.3, 0.4) is 0 Å². The SMILES string of the molecule is COc1ccccc1NC(=O)COc1ccccc1C[NH2+]C1CCCCCCC1. The quantitative estimate of drug-likeness (QED) is 0.710. The number of nitrogens with two attached hydrogens (primary N) is 1. The summed E-state index contributed by atoms with van der Waals surface area (Å²) < 4.78 is 11.1. The van der Waals surface area contributed by atoms with Crippen LogP contribution in [-0.2, 0) is 11.3 Å². The maximum absolute atomic E-state index is 12.3. The van der Waals surface area contributed by atoms with Gasteiger partial charge < -0.3 is 20.1 Å². The van der Waals surface area contributed by atoms with E-state index in [2.05, 4.69) is 16.7 Å². The Kier molecular flexibility index (Phi) is 8.38. The molecule has 1 fully saturated rings. The number of benzene rings is 2. The number of quaternary nitrogens is 1. The van der Waals surface area contributed by atoms with Crippen LogP contribution >= 0.6 is 0 Å². The highest BCUT2D eigenvalue weighted by Gasteiger charge is 2.16. The number of hydrogen-bond donors (Lipinski definition) is 2. The van der Waals surface area contributed by atoms with Gasteiger partial charge in [-0.1, -0.05) is 43.5 Å². The zero-order chi connectivity index (χ0) is 20.3. The van der Waals surface area contributed by atoms with Crippen molar-refractivity contribution in [1.82, 2.24) is 0 Å². The first-order valence-electron chi connectivity index (χ1n) is 10.7. The van der Waals surface area contributed by atoms with Crippen molar-refractivity contribution in [2.45, 2.75) is 57.5 Å². The molecule has 5 heteroatoms. The lowest BCUT2D eigenvalue weighted by molar-refractivity contribution is -0.706. The minimum Gasteiger partial charge on any atom is -0.495 e. The Bertz CT molecular complexity index is 770. The number of carbonyl (C=O) groups excluding carboxylic acids is 1. The predicted molar refractivity (Wildman–Crippen MR) is 115 cm³/mol. The van der Waals surface area contributed by atoms with Gasteiger partial charge in [-0.2, -0.15) is 0 Å². The van der Waals surface area contributed by atoms with E-state index in [4.69, 9.17) is 9.47 Å². The van der Waals surface area contributed by atoms with E-state index in [-0.39, 0.29) is 12.5 Å². The topological polar surface area (TPSA) is 64.2 Å². The van der Waals surface area contributed by atoms with Crippen molar-refractivity contribution in [3.8, 4) is 11.5 Å². The highest BCUT2D eigenvalue weighted by Crippen LogP contribution is 2.23. The normalized spacial score (nSPS) is 15.2. The monoisotopic (exact) mass is 397 g/mol. The highest BCUT2D eigenvalue weighted by molar-refractivity contribution is 5.93. The second-order valence-electron chi connectivity index (χ2n) is 7.69. The van der Waals surface area contributed by atoms with Crippen molar-refractivity contribution >= 4 is 11.6 Å². The van der Waals surface area contributed by atoms with Crippen molar-refractivity contribution in [3.05, 3.63) is 54.1 Å². The minimum atomic E-state index is -0.201. The Morgan fingerprint density at radius 2 is 1.62 bits per heavy atom. The zero-order valence-electron chi connectivity index (χ0n) is 17.4. The van der Waals surface area contributed by atoms with Crippen LogP contribution in [0.25, 0.3) is 0 Å². The van der Waals surface area contributed by atoms with Crippen LogP contribution in [0, 0.1) is 0 Å². The Balaban J connectivity index is 1.52. The largest absolute Gasteiger partial charge is 0.495 e. The Morgan fingerprint density at radius 1 is 0.966 bits per heavy atom. The molecule has 5 nitrogen and oxygen atoms in total. The van der Waals surface area contributed by atoms with Crippen LogP contribution < -0.4 is 20.1 Å². The molecule has 1 aliphatic carbocycles. The van der Waals surface area contributed by atoms with Gasteiger partial charge in [-0.15, -0.1) is 0 Å². The summed E-state index contributed by atoms with van der Waals surface area (Å²) in [6.45, 7) is 0.855. The van der Waals surface area contributed by atoms with Gasteiger partial charge in [0.15, 0.2) is 6.61 Å².